The van der Waals surface area contributed by atoms with Gasteiger partial charge in [-0.05, 0) is 0 Å². The fourth-order valence-electron chi connectivity index (χ4n) is 0.826. The highest BCUT2D eigenvalue weighted by Gasteiger charge is 2.30. The lowest BCUT2D eigenvalue weighted by atomic mass is 10.3. The quantitative estimate of drug-likeness (QED) is 0.403. The van der Waals surface area contributed by atoms with E-state index in [0.717, 1.165) is 6.20 Å². The summed E-state index contributed by atoms with van der Waals surface area (Å²) in [5, 5.41) is 32.1. The first-order valence-electron chi connectivity index (χ1n) is 4.05. The van der Waals surface area contributed by atoms with Gasteiger partial charge in [0.25, 0.3) is 0 Å². The lowest BCUT2D eigenvalue weighted by molar-refractivity contribution is -0.195. The number of primary amides is 1. The number of rotatable bonds is 3. The number of hydrogen-bond acceptors (Lipinski definition) is 7. The molecule has 0 spiro atoms. The third-order valence-electron chi connectivity index (χ3n) is 1.56. The summed E-state index contributed by atoms with van der Waals surface area (Å²) in [7, 11) is -3.55. The second kappa shape index (κ2) is 4.64. The maximum absolute atomic E-state index is 11.7. The number of aliphatic hydroxyl groups excluding tert-OH is 1. The molecule has 0 saturated carbocycles. The third-order valence-corrected chi connectivity index (χ3v) is 4.59. The summed E-state index contributed by atoms with van der Waals surface area (Å²) in [5.74, 6) is -2.56. The standard InChI is InChI=1S/C6H10N4O5S2/c7-5(12)10-17(8,15)3-1-9-4(16-3)6(13,14)2-11/h1,11,13-14H,2H2,(H4,7,8,10,12,15). The Hall–Kier alpha value is -1.11. The molecule has 1 aromatic heterocycles. The van der Waals surface area contributed by atoms with Crippen molar-refractivity contribution in [1.82, 2.24) is 4.98 Å². The maximum atomic E-state index is 11.7. The molecule has 0 aliphatic rings. The molecule has 2 amide bonds. The second-order valence-corrected chi connectivity index (χ2v) is 6.01. The highest BCUT2D eigenvalue weighted by atomic mass is 32.2. The van der Waals surface area contributed by atoms with Crippen molar-refractivity contribution in [3.63, 3.8) is 0 Å². The number of nitrogens with two attached hydrogens (primary N) is 2. The number of amides is 2. The Balaban J connectivity index is 3.21. The van der Waals surface area contributed by atoms with E-state index in [4.69, 9.17) is 16.0 Å². The van der Waals surface area contributed by atoms with Gasteiger partial charge in [-0.15, -0.1) is 15.7 Å². The number of aliphatic hydroxyl groups is 3. The van der Waals surface area contributed by atoms with E-state index in [2.05, 4.69) is 9.35 Å². The number of aromatic nitrogens is 1. The zero-order valence-electron chi connectivity index (χ0n) is 8.31. The van der Waals surface area contributed by atoms with Crippen molar-refractivity contribution >= 4 is 27.3 Å². The Bertz CT molecular complexity index is 544. The van der Waals surface area contributed by atoms with Gasteiger partial charge >= 0.3 is 6.03 Å². The molecule has 1 aromatic rings. The van der Waals surface area contributed by atoms with Crippen LogP contribution in [0.1, 0.15) is 5.01 Å². The molecule has 1 heterocycles. The van der Waals surface area contributed by atoms with Gasteiger partial charge in [-0.1, -0.05) is 0 Å². The van der Waals surface area contributed by atoms with Crippen molar-refractivity contribution < 1.29 is 24.3 Å². The summed E-state index contributed by atoms with van der Waals surface area (Å²) < 4.78 is 14.5. The van der Waals surface area contributed by atoms with Gasteiger partial charge in [0.15, 0.2) is 14.9 Å². The van der Waals surface area contributed by atoms with Crippen LogP contribution in [0.4, 0.5) is 4.79 Å². The summed E-state index contributed by atoms with van der Waals surface area (Å²) in [4.78, 5) is 14.0. The van der Waals surface area contributed by atoms with Crippen LogP contribution in [0.5, 0.6) is 0 Å². The van der Waals surface area contributed by atoms with Gasteiger partial charge in [0.1, 0.15) is 10.8 Å². The molecule has 0 aliphatic heterocycles. The summed E-state index contributed by atoms with van der Waals surface area (Å²) in [6.45, 7) is -1.00. The Labute approximate surface area is 100 Å². The zero-order chi connectivity index (χ0) is 13.3. The first-order chi connectivity index (χ1) is 7.69. The molecule has 0 saturated heterocycles. The van der Waals surface area contributed by atoms with Crippen LogP contribution >= 0.6 is 11.3 Å². The van der Waals surface area contributed by atoms with Gasteiger partial charge in [0.2, 0.25) is 5.79 Å². The molecular formula is C6H10N4O5S2. The van der Waals surface area contributed by atoms with Crippen LogP contribution in [0, 0.1) is 0 Å². The zero-order valence-corrected chi connectivity index (χ0v) is 9.94. The lowest BCUT2D eigenvalue weighted by Crippen LogP contribution is -2.29. The van der Waals surface area contributed by atoms with E-state index in [0.29, 0.717) is 11.3 Å². The van der Waals surface area contributed by atoms with Gasteiger partial charge in [-0.2, -0.15) is 0 Å². The first kappa shape index (κ1) is 14.0. The molecule has 0 bridgehead atoms. The smallest absolute Gasteiger partial charge is 0.347 e. The van der Waals surface area contributed by atoms with Crippen molar-refractivity contribution in [2.75, 3.05) is 6.61 Å². The molecule has 0 radical (unpaired) electrons. The SMILES string of the molecule is NC(=O)N=S(N)(=O)c1cnc(C(O)(O)CO)s1. The number of carbonyl (C=O) groups excluding carboxylic acids is 1. The number of hydrogen-bond donors (Lipinski definition) is 5. The molecule has 1 rings (SSSR count). The predicted octanol–water partition coefficient (Wildman–Crippen LogP) is -1.95. The highest BCUT2D eigenvalue weighted by Crippen LogP contribution is 2.26. The van der Waals surface area contributed by atoms with Gasteiger partial charge in [0.05, 0.1) is 6.20 Å². The molecule has 7 N–H and O–H groups in total. The largest absolute Gasteiger partial charge is 0.390 e. The normalized spacial score (nSPS) is 15.3. The highest BCUT2D eigenvalue weighted by molar-refractivity contribution is 7.93. The molecule has 1 atom stereocenters. The maximum Gasteiger partial charge on any atom is 0.347 e. The van der Waals surface area contributed by atoms with Crippen molar-refractivity contribution in [3.8, 4) is 0 Å². The minimum absolute atomic E-state index is 0.160. The van der Waals surface area contributed by atoms with Crippen molar-refractivity contribution in [2.24, 2.45) is 15.2 Å². The predicted molar refractivity (Wildman–Crippen MR) is 57.9 cm³/mol. The Morgan fingerprint density at radius 1 is 1.65 bits per heavy atom. The van der Waals surface area contributed by atoms with Crippen LogP contribution in [0.15, 0.2) is 14.8 Å². The number of nitrogens with zero attached hydrogens (tertiary/aromatic N) is 2. The van der Waals surface area contributed by atoms with Gasteiger partial charge in [-0.25, -0.2) is 19.1 Å². The lowest BCUT2D eigenvalue weighted by Gasteiger charge is -2.14. The van der Waals surface area contributed by atoms with E-state index < -0.39 is 28.3 Å². The van der Waals surface area contributed by atoms with E-state index in [-0.39, 0.29) is 9.22 Å². The summed E-state index contributed by atoms with van der Waals surface area (Å²) >= 11 is 0.540. The third kappa shape index (κ3) is 3.18. The average molecular weight is 282 g/mol. The van der Waals surface area contributed by atoms with E-state index in [1.165, 1.54) is 0 Å². The molecular weight excluding hydrogens is 272 g/mol. The van der Waals surface area contributed by atoms with Crippen molar-refractivity contribution in [1.29, 1.82) is 0 Å². The van der Waals surface area contributed by atoms with Crippen LogP contribution in [-0.2, 0) is 15.7 Å². The molecule has 96 valence electrons. The number of carbonyl (C=O) groups is 1. The molecule has 0 aromatic carbocycles. The van der Waals surface area contributed by atoms with Crippen LogP contribution < -0.4 is 10.9 Å². The topological polar surface area (TPSA) is 172 Å². The summed E-state index contributed by atoms with van der Waals surface area (Å²) in [6.07, 6.45) is 0.964. The van der Waals surface area contributed by atoms with Crippen molar-refractivity contribution in [2.45, 2.75) is 10.00 Å². The fraction of sp³-hybridized carbons (Fsp3) is 0.333. The van der Waals surface area contributed by atoms with Crippen LogP contribution in [0.3, 0.4) is 0 Å². The monoisotopic (exact) mass is 282 g/mol. The Morgan fingerprint density at radius 2 is 2.24 bits per heavy atom. The molecule has 0 fully saturated rings. The first-order valence-corrected chi connectivity index (χ1v) is 6.45. The van der Waals surface area contributed by atoms with Crippen LogP contribution in [0.25, 0.3) is 0 Å². The van der Waals surface area contributed by atoms with Gasteiger partial charge < -0.3 is 21.1 Å². The summed E-state index contributed by atoms with van der Waals surface area (Å²) in [5.41, 5.74) is 4.72. The fourth-order valence-corrected chi connectivity index (χ4v) is 2.84. The summed E-state index contributed by atoms with van der Waals surface area (Å²) in [6, 6.07) is -1.21. The van der Waals surface area contributed by atoms with Crippen LogP contribution in [-0.4, -0.2) is 37.2 Å². The average Bonchev–Trinajstić information content (AvgIpc) is 2.65. The Kier molecular flexibility index (Phi) is 3.81. The minimum atomic E-state index is -3.55. The second-order valence-electron chi connectivity index (χ2n) is 2.96. The number of thiazole rings is 1. The van der Waals surface area contributed by atoms with Gasteiger partial charge in [0, 0.05) is 0 Å². The number of urea groups is 1. The van der Waals surface area contributed by atoms with E-state index in [1.54, 1.807) is 0 Å². The van der Waals surface area contributed by atoms with E-state index >= 15 is 0 Å². The molecule has 9 nitrogen and oxygen atoms in total. The van der Waals surface area contributed by atoms with E-state index in [9.17, 15) is 19.2 Å². The molecule has 0 aliphatic carbocycles. The molecule has 11 heteroatoms. The van der Waals surface area contributed by atoms with Gasteiger partial charge in [-0.3, -0.25) is 0 Å². The van der Waals surface area contributed by atoms with Crippen molar-refractivity contribution in [3.05, 3.63) is 11.2 Å². The molecule has 17 heavy (non-hydrogen) atoms. The van der Waals surface area contributed by atoms with E-state index in [1.807, 2.05) is 0 Å². The minimum Gasteiger partial charge on any atom is -0.390 e. The van der Waals surface area contributed by atoms with Crippen LogP contribution in [0.2, 0.25) is 0 Å². The molecule has 1 unspecified atom stereocenters. The Morgan fingerprint density at radius 3 is 2.71 bits per heavy atom.